The molecule has 1 fully saturated rings. The Bertz CT molecular complexity index is 677. The molecule has 1 aromatic carbocycles. The molecule has 1 heterocycles. The molecule has 1 saturated heterocycles. The molecule has 26 heavy (non-hydrogen) atoms. The Morgan fingerprint density at radius 2 is 2.00 bits per heavy atom. The minimum atomic E-state index is -0.621. The predicted octanol–water partition coefficient (Wildman–Crippen LogP) is 0.627. The summed E-state index contributed by atoms with van der Waals surface area (Å²) in [5.41, 5.74) is 2.25. The zero-order valence-electron chi connectivity index (χ0n) is 16.0. The van der Waals surface area contributed by atoms with E-state index in [4.69, 9.17) is 0 Å². The Hall–Kier alpha value is -2.57. The summed E-state index contributed by atoms with van der Waals surface area (Å²) in [6.07, 6.45) is 0.366. The topological polar surface area (TPSA) is 73.0 Å². The number of carbonyl (C=O) groups excluding carboxylic acids is 3. The van der Waals surface area contributed by atoms with Crippen molar-refractivity contribution in [1.29, 1.82) is 0 Å². The standard InChI is InChI=1S/C19H28N4O3/c1-14-6-5-7-16(12-14)21(4)9-8-18(25)22-10-11-23(15(2)24)17(13-22)19(26)20-3/h5-7,12,17H,8-11,13H2,1-4H3,(H,20,26)/t17-/m1/s1. The van der Waals surface area contributed by atoms with Crippen LogP contribution in [-0.2, 0) is 14.4 Å². The molecule has 142 valence electrons. The maximum absolute atomic E-state index is 12.6. The number of nitrogens with one attached hydrogen (secondary N) is 1. The van der Waals surface area contributed by atoms with Gasteiger partial charge in [-0.2, -0.15) is 0 Å². The summed E-state index contributed by atoms with van der Waals surface area (Å²) in [7, 11) is 3.50. The highest BCUT2D eigenvalue weighted by Gasteiger charge is 2.35. The molecule has 0 saturated carbocycles. The van der Waals surface area contributed by atoms with Gasteiger partial charge in [-0.15, -0.1) is 0 Å². The first-order valence-corrected chi connectivity index (χ1v) is 8.88. The molecule has 1 atom stereocenters. The minimum absolute atomic E-state index is 0.00149. The van der Waals surface area contributed by atoms with Crippen LogP contribution in [-0.4, -0.2) is 73.8 Å². The first kappa shape index (κ1) is 19.8. The SMILES string of the molecule is CNC(=O)[C@H]1CN(C(=O)CCN(C)c2cccc(C)c2)CCN1C(C)=O. The summed E-state index contributed by atoms with van der Waals surface area (Å²) < 4.78 is 0. The molecule has 0 aromatic heterocycles. The first-order chi connectivity index (χ1) is 12.3. The van der Waals surface area contributed by atoms with Gasteiger partial charge in [0.05, 0.1) is 6.54 Å². The van der Waals surface area contributed by atoms with Crippen molar-refractivity contribution in [2.75, 3.05) is 45.2 Å². The van der Waals surface area contributed by atoms with Crippen LogP contribution >= 0.6 is 0 Å². The van der Waals surface area contributed by atoms with Gasteiger partial charge in [-0.05, 0) is 24.6 Å². The van der Waals surface area contributed by atoms with E-state index in [0.717, 1.165) is 5.69 Å². The quantitative estimate of drug-likeness (QED) is 0.836. The molecule has 1 aliphatic rings. The number of aryl methyl sites for hydroxylation is 1. The molecule has 7 nitrogen and oxygen atoms in total. The number of hydrogen-bond donors (Lipinski definition) is 1. The van der Waals surface area contributed by atoms with Gasteiger partial charge in [0.15, 0.2) is 0 Å². The van der Waals surface area contributed by atoms with Crippen molar-refractivity contribution in [3.8, 4) is 0 Å². The van der Waals surface area contributed by atoms with Crippen LogP contribution in [0.25, 0.3) is 0 Å². The normalized spacial score (nSPS) is 17.0. The number of amides is 3. The Morgan fingerprint density at radius 1 is 1.27 bits per heavy atom. The number of anilines is 1. The van der Waals surface area contributed by atoms with E-state index in [9.17, 15) is 14.4 Å². The lowest BCUT2D eigenvalue weighted by molar-refractivity contribution is -0.147. The zero-order valence-corrected chi connectivity index (χ0v) is 16.0. The Morgan fingerprint density at radius 3 is 2.62 bits per heavy atom. The summed E-state index contributed by atoms with van der Waals surface area (Å²) in [6.45, 7) is 5.17. The Kier molecular flexibility index (Phi) is 6.60. The number of carbonyl (C=O) groups is 3. The van der Waals surface area contributed by atoms with Gasteiger partial charge in [0, 0.05) is 52.8 Å². The largest absolute Gasteiger partial charge is 0.374 e. The molecule has 1 aromatic rings. The fourth-order valence-corrected chi connectivity index (χ4v) is 3.19. The van der Waals surface area contributed by atoms with Crippen LogP contribution < -0.4 is 10.2 Å². The van der Waals surface area contributed by atoms with E-state index in [1.54, 1.807) is 4.90 Å². The van der Waals surface area contributed by atoms with Gasteiger partial charge < -0.3 is 20.0 Å². The van der Waals surface area contributed by atoms with Crippen LogP contribution in [0, 0.1) is 6.92 Å². The third kappa shape index (κ3) is 4.74. The van der Waals surface area contributed by atoms with Crippen molar-refractivity contribution < 1.29 is 14.4 Å². The third-order valence-electron chi connectivity index (χ3n) is 4.79. The molecule has 1 aliphatic heterocycles. The van der Waals surface area contributed by atoms with Crippen molar-refractivity contribution in [2.45, 2.75) is 26.3 Å². The average molecular weight is 360 g/mol. The van der Waals surface area contributed by atoms with Crippen molar-refractivity contribution in [1.82, 2.24) is 15.1 Å². The highest BCUT2D eigenvalue weighted by molar-refractivity contribution is 5.88. The number of hydrogen-bond acceptors (Lipinski definition) is 4. The molecule has 0 unspecified atom stereocenters. The molecule has 0 radical (unpaired) electrons. The second kappa shape index (κ2) is 8.69. The summed E-state index contributed by atoms with van der Waals surface area (Å²) in [6, 6.07) is 7.51. The smallest absolute Gasteiger partial charge is 0.244 e. The van der Waals surface area contributed by atoms with Crippen molar-refractivity contribution in [3.63, 3.8) is 0 Å². The number of likely N-dealkylation sites (N-methyl/N-ethyl adjacent to an activating group) is 1. The molecule has 2 rings (SSSR count). The maximum Gasteiger partial charge on any atom is 0.244 e. The van der Waals surface area contributed by atoms with Crippen LogP contribution in [0.3, 0.4) is 0 Å². The lowest BCUT2D eigenvalue weighted by Crippen LogP contribution is -2.61. The number of piperazine rings is 1. The zero-order chi connectivity index (χ0) is 19.3. The number of rotatable bonds is 5. The fraction of sp³-hybridized carbons (Fsp3) is 0.526. The van der Waals surface area contributed by atoms with E-state index in [1.807, 2.05) is 37.1 Å². The lowest BCUT2D eigenvalue weighted by Gasteiger charge is -2.40. The van der Waals surface area contributed by atoms with E-state index in [0.29, 0.717) is 26.1 Å². The highest BCUT2D eigenvalue weighted by Crippen LogP contribution is 2.16. The number of benzene rings is 1. The molecule has 1 N–H and O–H groups in total. The lowest BCUT2D eigenvalue weighted by atomic mass is 10.1. The summed E-state index contributed by atoms with van der Waals surface area (Å²) in [4.78, 5) is 41.7. The molecule has 7 heteroatoms. The van der Waals surface area contributed by atoms with Crippen LogP contribution in [0.5, 0.6) is 0 Å². The molecular formula is C19H28N4O3. The molecule has 0 bridgehead atoms. The van der Waals surface area contributed by atoms with E-state index in [2.05, 4.69) is 11.4 Å². The molecular weight excluding hydrogens is 332 g/mol. The van der Waals surface area contributed by atoms with Crippen molar-refractivity contribution >= 4 is 23.4 Å². The monoisotopic (exact) mass is 360 g/mol. The van der Waals surface area contributed by atoms with Gasteiger partial charge in [0.25, 0.3) is 0 Å². The Balaban J connectivity index is 1.95. The van der Waals surface area contributed by atoms with Gasteiger partial charge in [0.1, 0.15) is 6.04 Å². The maximum atomic E-state index is 12.6. The fourth-order valence-electron chi connectivity index (χ4n) is 3.19. The number of nitrogens with zero attached hydrogens (tertiary/aromatic N) is 3. The van der Waals surface area contributed by atoms with Crippen LogP contribution in [0.15, 0.2) is 24.3 Å². The molecule has 0 aliphatic carbocycles. The second-order valence-electron chi connectivity index (χ2n) is 6.69. The van der Waals surface area contributed by atoms with Crippen LogP contribution in [0.1, 0.15) is 18.9 Å². The van der Waals surface area contributed by atoms with E-state index < -0.39 is 6.04 Å². The van der Waals surface area contributed by atoms with Crippen LogP contribution in [0.4, 0.5) is 5.69 Å². The van der Waals surface area contributed by atoms with Gasteiger partial charge >= 0.3 is 0 Å². The van der Waals surface area contributed by atoms with E-state index >= 15 is 0 Å². The predicted molar refractivity (Wildman–Crippen MR) is 101 cm³/mol. The van der Waals surface area contributed by atoms with Gasteiger partial charge in [-0.25, -0.2) is 0 Å². The van der Waals surface area contributed by atoms with Gasteiger partial charge in [-0.3, -0.25) is 14.4 Å². The van der Waals surface area contributed by atoms with E-state index in [1.165, 1.54) is 24.4 Å². The van der Waals surface area contributed by atoms with Crippen molar-refractivity contribution in [3.05, 3.63) is 29.8 Å². The van der Waals surface area contributed by atoms with Crippen LogP contribution in [0.2, 0.25) is 0 Å². The van der Waals surface area contributed by atoms with Crippen molar-refractivity contribution in [2.24, 2.45) is 0 Å². The first-order valence-electron chi connectivity index (χ1n) is 8.88. The van der Waals surface area contributed by atoms with Gasteiger partial charge in [-0.1, -0.05) is 12.1 Å². The Labute approximate surface area is 154 Å². The summed E-state index contributed by atoms with van der Waals surface area (Å²) in [5, 5.41) is 2.58. The average Bonchev–Trinajstić information content (AvgIpc) is 2.64. The highest BCUT2D eigenvalue weighted by atomic mass is 16.2. The second-order valence-corrected chi connectivity index (χ2v) is 6.69. The minimum Gasteiger partial charge on any atom is -0.374 e. The third-order valence-corrected chi connectivity index (χ3v) is 4.79. The summed E-state index contributed by atoms with van der Waals surface area (Å²) in [5.74, 6) is -0.388. The summed E-state index contributed by atoms with van der Waals surface area (Å²) >= 11 is 0. The van der Waals surface area contributed by atoms with E-state index in [-0.39, 0.29) is 24.3 Å². The molecule has 3 amide bonds. The van der Waals surface area contributed by atoms with Gasteiger partial charge in [0.2, 0.25) is 17.7 Å². The molecule has 0 spiro atoms.